The van der Waals surface area contributed by atoms with Crippen LogP contribution >= 0.6 is 23.8 Å². The van der Waals surface area contributed by atoms with E-state index in [1.165, 1.54) is 0 Å². The summed E-state index contributed by atoms with van der Waals surface area (Å²) in [6, 6.07) is 9.97. The first-order chi connectivity index (χ1) is 15.3. The van der Waals surface area contributed by atoms with Gasteiger partial charge in [-0.15, -0.1) is 0 Å². The fourth-order valence-electron chi connectivity index (χ4n) is 3.78. The molecule has 2 fully saturated rings. The van der Waals surface area contributed by atoms with Gasteiger partial charge in [0, 0.05) is 16.6 Å². The average Bonchev–Trinajstić information content (AvgIpc) is 3.54. The minimum Gasteiger partial charge on any atom is -0.496 e. The zero-order chi connectivity index (χ0) is 23.0. The molecule has 0 unspecified atom stereocenters. The molecule has 5 nitrogen and oxygen atoms in total. The third kappa shape index (κ3) is 4.62. The van der Waals surface area contributed by atoms with Crippen molar-refractivity contribution in [1.29, 1.82) is 0 Å². The number of carbonyl (C=O) groups is 1. The minimum absolute atomic E-state index is 0.0654. The lowest BCUT2D eigenvalue weighted by Gasteiger charge is -2.17. The van der Waals surface area contributed by atoms with E-state index in [2.05, 4.69) is 19.2 Å². The third-order valence-corrected chi connectivity index (χ3v) is 6.44. The Bertz CT molecular complexity index is 1110. The Morgan fingerprint density at radius 2 is 2.00 bits per heavy atom. The third-order valence-electron chi connectivity index (χ3n) is 5.73. The molecule has 0 atom stereocenters. The molecule has 2 aromatic rings. The Morgan fingerprint density at radius 1 is 1.25 bits per heavy atom. The number of ether oxygens (including phenoxy) is 2. The smallest absolute Gasteiger partial charge is 0.276 e. The van der Waals surface area contributed by atoms with Crippen LogP contribution in [0.4, 0.5) is 0 Å². The molecule has 0 bridgehead atoms. The number of aryl methyl sites for hydroxylation is 1. The van der Waals surface area contributed by atoms with Gasteiger partial charge in [-0.1, -0.05) is 31.5 Å². The molecule has 1 amide bonds. The molecule has 2 aromatic carbocycles. The predicted octanol–water partition coefficient (Wildman–Crippen LogP) is 5.58. The van der Waals surface area contributed by atoms with Gasteiger partial charge in [0.15, 0.2) is 5.11 Å². The van der Waals surface area contributed by atoms with Gasteiger partial charge < -0.3 is 14.8 Å². The quantitative estimate of drug-likeness (QED) is 0.423. The lowest BCUT2D eigenvalue weighted by Crippen LogP contribution is -2.32. The zero-order valence-corrected chi connectivity index (χ0v) is 20.3. The number of methoxy groups -OCH3 is 1. The van der Waals surface area contributed by atoms with E-state index in [1.54, 1.807) is 12.0 Å². The first-order valence-electron chi connectivity index (χ1n) is 10.7. The van der Waals surface area contributed by atoms with Crippen molar-refractivity contribution >= 4 is 40.9 Å². The van der Waals surface area contributed by atoms with Crippen molar-refractivity contribution in [2.45, 2.75) is 52.2 Å². The largest absolute Gasteiger partial charge is 0.496 e. The molecule has 7 heteroatoms. The molecule has 4 rings (SSSR count). The molecule has 32 heavy (non-hydrogen) atoms. The van der Waals surface area contributed by atoms with Gasteiger partial charge in [0.05, 0.1) is 7.11 Å². The summed E-state index contributed by atoms with van der Waals surface area (Å²) in [4.78, 5) is 14.4. The van der Waals surface area contributed by atoms with Crippen LogP contribution in [0.2, 0.25) is 5.02 Å². The SMILES string of the molecule is COc1ccc(/C=C2/NC(=S)N(C3CC3)C2=O)cc1COc1cc(C)c(Cl)cc1C(C)C. The highest BCUT2D eigenvalue weighted by molar-refractivity contribution is 7.80. The van der Waals surface area contributed by atoms with Gasteiger partial charge in [-0.2, -0.15) is 0 Å². The summed E-state index contributed by atoms with van der Waals surface area (Å²) in [5.41, 5.74) is 4.29. The summed E-state index contributed by atoms with van der Waals surface area (Å²) < 4.78 is 11.8. The Hall–Kier alpha value is -2.57. The van der Waals surface area contributed by atoms with Gasteiger partial charge in [0.25, 0.3) is 5.91 Å². The van der Waals surface area contributed by atoms with Crippen molar-refractivity contribution < 1.29 is 14.3 Å². The van der Waals surface area contributed by atoms with Crippen molar-refractivity contribution in [2.24, 2.45) is 0 Å². The summed E-state index contributed by atoms with van der Waals surface area (Å²) in [6.07, 6.45) is 3.84. The van der Waals surface area contributed by atoms with E-state index in [0.29, 0.717) is 17.4 Å². The molecule has 0 radical (unpaired) electrons. The summed E-state index contributed by atoms with van der Waals surface area (Å²) in [5, 5.41) is 4.28. The highest BCUT2D eigenvalue weighted by Crippen LogP contribution is 2.34. The van der Waals surface area contributed by atoms with Gasteiger partial charge in [-0.05, 0) is 84.9 Å². The number of thiocarbonyl (C=S) groups is 1. The van der Waals surface area contributed by atoms with E-state index < -0.39 is 0 Å². The van der Waals surface area contributed by atoms with Crippen molar-refractivity contribution in [3.63, 3.8) is 0 Å². The van der Waals surface area contributed by atoms with Crippen molar-refractivity contribution in [2.75, 3.05) is 7.11 Å². The highest BCUT2D eigenvalue weighted by Gasteiger charge is 2.41. The Labute approximate surface area is 199 Å². The number of benzene rings is 2. The first kappa shape index (κ1) is 22.6. The fourth-order valence-corrected chi connectivity index (χ4v) is 4.30. The molecule has 1 aliphatic carbocycles. The molecule has 1 saturated heterocycles. The maximum absolute atomic E-state index is 12.7. The minimum atomic E-state index is -0.0654. The molecule has 2 aliphatic rings. The second-order valence-electron chi connectivity index (χ2n) is 8.55. The van der Waals surface area contributed by atoms with Crippen LogP contribution in [0.15, 0.2) is 36.0 Å². The normalized spacial score (nSPS) is 17.3. The Morgan fingerprint density at radius 3 is 2.66 bits per heavy atom. The molecular weight excluding hydrogens is 444 g/mol. The second-order valence-corrected chi connectivity index (χ2v) is 9.34. The summed E-state index contributed by atoms with van der Waals surface area (Å²) in [6.45, 7) is 6.52. The Kier molecular flexibility index (Phi) is 6.45. The summed E-state index contributed by atoms with van der Waals surface area (Å²) in [7, 11) is 1.64. The zero-order valence-electron chi connectivity index (χ0n) is 18.7. The molecular formula is C25H27ClN2O3S. The number of halogens is 1. The second kappa shape index (κ2) is 9.12. The van der Waals surface area contributed by atoms with E-state index in [0.717, 1.165) is 51.6 Å². The highest BCUT2D eigenvalue weighted by atomic mass is 35.5. The molecule has 1 N–H and O–H groups in total. The lowest BCUT2D eigenvalue weighted by molar-refractivity contribution is -0.122. The maximum atomic E-state index is 12.7. The van der Waals surface area contributed by atoms with Crippen LogP contribution in [0.5, 0.6) is 11.5 Å². The number of hydrogen-bond donors (Lipinski definition) is 1. The van der Waals surface area contributed by atoms with E-state index >= 15 is 0 Å². The lowest BCUT2D eigenvalue weighted by atomic mass is 10.0. The summed E-state index contributed by atoms with van der Waals surface area (Å²) >= 11 is 11.7. The molecule has 0 aromatic heterocycles. The molecule has 0 spiro atoms. The van der Waals surface area contributed by atoms with Crippen LogP contribution in [0.3, 0.4) is 0 Å². The van der Waals surface area contributed by atoms with E-state index in [1.807, 2.05) is 43.3 Å². The molecule has 1 aliphatic heterocycles. The number of rotatable bonds is 7. The molecule has 1 saturated carbocycles. The number of carbonyl (C=O) groups excluding carboxylic acids is 1. The van der Waals surface area contributed by atoms with E-state index in [-0.39, 0.29) is 17.9 Å². The Balaban J connectivity index is 1.58. The number of amides is 1. The summed E-state index contributed by atoms with van der Waals surface area (Å²) in [5.74, 6) is 1.75. The number of nitrogens with zero attached hydrogens (tertiary/aromatic N) is 1. The van der Waals surface area contributed by atoms with Crippen molar-refractivity contribution in [1.82, 2.24) is 10.2 Å². The van der Waals surface area contributed by atoms with Crippen LogP contribution < -0.4 is 14.8 Å². The van der Waals surface area contributed by atoms with Crippen LogP contribution in [0.1, 0.15) is 54.9 Å². The number of hydrogen-bond acceptors (Lipinski definition) is 4. The molecule has 168 valence electrons. The van der Waals surface area contributed by atoms with Gasteiger partial charge in [0.2, 0.25) is 0 Å². The van der Waals surface area contributed by atoms with Crippen LogP contribution in [0, 0.1) is 6.92 Å². The predicted molar refractivity (Wildman–Crippen MR) is 131 cm³/mol. The van der Waals surface area contributed by atoms with Crippen molar-refractivity contribution in [3.05, 3.63) is 63.3 Å². The van der Waals surface area contributed by atoms with Gasteiger partial charge >= 0.3 is 0 Å². The number of nitrogens with one attached hydrogen (secondary N) is 1. The first-order valence-corrected chi connectivity index (χ1v) is 11.5. The molecule has 1 heterocycles. The van der Waals surface area contributed by atoms with Crippen molar-refractivity contribution in [3.8, 4) is 11.5 Å². The monoisotopic (exact) mass is 470 g/mol. The van der Waals surface area contributed by atoms with Crippen LogP contribution in [-0.2, 0) is 11.4 Å². The standard InChI is InChI=1S/C25H27ClN2O3S/c1-14(2)19-12-20(26)15(3)9-23(19)31-13-17-10-16(5-8-22(17)30-4)11-21-24(29)28(18-6-7-18)25(32)27-21/h5,8-12,14,18H,6-7,13H2,1-4H3,(H,27,32)/b21-11+. The fraction of sp³-hybridized carbons (Fsp3) is 0.360. The van der Waals surface area contributed by atoms with Gasteiger partial charge in [0.1, 0.15) is 23.8 Å². The maximum Gasteiger partial charge on any atom is 0.276 e. The van der Waals surface area contributed by atoms with Crippen LogP contribution in [-0.4, -0.2) is 29.1 Å². The van der Waals surface area contributed by atoms with Gasteiger partial charge in [-0.3, -0.25) is 9.69 Å². The van der Waals surface area contributed by atoms with Gasteiger partial charge in [-0.25, -0.2) is 0 Å². The van der Waals surface area contributed by atoms with Crippen LogP contribution in [0.25, 0.3) is 6.08 Å². The van der Waals surface area contributed by atoms with E-state index in [9.17, 15) is 4.79 Å². The topological polar surface area (TPSA) is 50.8 Å². The average molecular weight is 471 g/mol. The van der Waals surface area contributed by atoms with E-state index in [4.69, 9.17) is 33.3 Å².